The molecule has 3 nitrogen and oxygen atoms in total. The number of hydrogen-bond acceptors (Lipinski definition) is 3. The molecule has 0 bridgehead atoms. The fourth-order valence-corrected chi connectivity index (χ4v) is 1.82. The summed E-state index contributed by atoms with van der Waals surface area (Å²) in [6.07, 6.45) is 1.82. The molecule has 1 rings (SSSR count). The van der Waals surface area contributed by atoms with Gasteiger partial charge in [-0.05, 0) is 55.5 Å². The summed E-state index contributed by atoms with van der Waals surface area (Å²) in [6.45, 7) is 5.20. The highest BCUT2D eigenvalue weighted by atomic mass is 79.9. The van der Waals surface area contributed by atoms with Crippen molar-refractivity contribution in [1.82, 2.24) is 9.88 Å². The smallest absolute Gasteiger partial charge is 0.140 e. The summed E-state index contributed by atoms with van der Waals surface area (Å²) >= 11 is 3.54. The van der Waals surface area contributed by atoms with Gasteiger partial charge in [0.2, 0.25) is 0 Å². The molecule has 4 heteroatoms. The number of hydrogen-bond donors (Lipinski definition) is 1. The van der Waals surface area contributed by atoms with E-state index in [0.717, 1.165) is 16.8 Å². The van der Waals surface area contributed by atoms with Crippen LogP contribution in [0.3, 0.4) is 0 Å². The van der Waals surface area contributed by atoms with E-state index in [4.69, 9.17) is 0 Å². The van der Waals surface area contributed by atoms with E-state index in [-0.39, 0.29) is 0 Å². The molecule has 1 aromatic heterocycles. The third-order valence-electron chi connectivity index (χ3n) is 2.10. The number of halogens is 1. The van der Waals surface area contributed by atoms with Crippen LogP contribution >= 0.6 is 15.9 Å². The number of anilines is 1. The Morgan fingerprint density at radius 3 is 2.80 bits per heavy atom. The maximum absolute atomic E-state index is 4.31. The molecule has 0 aliphatic heterocycles. The Balaban J connectivity index is 2.68. The van der Waals surface area contributed by atoms with Crippen molar-refractivity contribution in [3.63, 3.8) is 0 Å². The average Bonchev–Trinajstić information content (AvgIpc) is 2.11. The summed E-state index contributed by atoms with van der Waals surface area (Å²) in [4.78, 5) is 6.46. The molecule has 1 unspecified atom stereocenters. The minimum absolute atomic E-state index is 0.380. The molecule has 0 saturated heterocycles. The molecule has 1 atom stereocenters. The largest absolute Gasteiger partial charge is 0.365 e. The van der Waals surface area contributed by atoms with E-state index in [0.29, 0.717) is 6.04 Å². The van der Waals surface area contributed by atoms with Gasteiger partial charge in [0.05, 0.1) is 4.47 Å². The van der Waals surface area contributed by atoms with Crippen LogP contribution in [-0.2, 0) is 0 Å². The van der Waals surface area contributed by atoms with E-state index in [1.54, 1.807) is 0 Å². The van der Waals surface area contributed by atoms with Crippen LogP contribution in [0.2, 0.25) is 0 Å². The van der Waals surface area contributed by atoms with Gasteiger partial charge in [-0.3, -0.25) is 0 Å². The van der Waals surface area contributed by atoms with Crippen LogP contribution in [0.15, 0.2) is 16.7 Å². The SMILES string of the molecule is Cc1ccnc(NC(C)CN(C)C)c1Br. The fourth-order valence-electron chi connectivity index (χ4n) is 1.47. The normalized spacial score (nSPS) is 12.9. The van der Waals surface area contributed by atoms with Crippen molar-refractivity contribution in [2.75, 3.05) is 26.0 Å². The lowest BCUT2D eigenvalue weighted by atomic mass is 10.2. The zero-order valence-corrected chi connectivity index (χ0v) is 11.3. The van der Waals surface area contributed by atoms with Gasteiger partial charge in [0.25, 0.3) is 0 Å². The second kappa shape index (κ2) is 5.47. The number of nitrogens with one attached hydrogen (secondary N) is 1. The minimum Gasteiger partial charge on any atom is -0.365 e. The first-order chi connectivity index (χ1) is 7.00. The Labute approximate surface area is 100 Å². The molecule has 1 aromatic rings. The number of pyridine rings is 1. The maximum Gasteiger partial charge on any atom is 0.140 e. The van der Waals surface area contributed by atoms with Gasteiger partial charge >= 0.3 is 0 Å². The highest BCUT2D eigenvalue weighted by Crippen LogP contribution is 2.23. The van der Waals surface area contributed by atoms with Crippen molar-refractivity contribution in [2.45, 2.75) is 19.9 Å². The second-order valence-electron chi connectivity index (χ2n) is 4.10. The van der Waals surface area contributed by atoms with Gasteiger partial charge in [-0.1, -0.05) is 0 Å². The zero-order chi connectivity index (χ0) is 11.4. The molecule has 0 amide bonds. The highest BCUT2D eigenvalue weighted by Gasteiger charge is 2.08. The molecule has 84 valence electrons. The van der Waals surface area contributed by atoms with Crippen molar-refractivity contribution >= 4 is 21.7 Å². The van der Waals surface area contributed by atoms with Crippen LogP contribution < -0.4 is 5.32 Å². The minimum atomic E-state index is 0.380. The Morgan fingerprint density at radius 1 is 1.53 bits per heavy atom. The molecule has 0 saturated carbocycles. The van der Waals surface area contributed by atoms with E-state index in [1.807, 2.05) is 12.3 Å². The molecule has 0 aliphatic rings. The number of rotatable bonds is 4. The van der Waals surface area contributed by atoms with Gasteiger partial charge < -0.3 is 10.2 Å². The average molecular weight is 272 g/mol. The molecule has 0 spiro atoms. The molecule has 0 fully saturated rings. The van der Waals surface area contributed by atoms with E-state index < -0.39 is 0 Å². The monoisotopic (exact) mass is 271 g/mol. The van der Waals surface area contributed by atoms with E-state index in [1.165, 1.54) is 5.56 Å². The molecular formula is C11H18BrN3. The van der Waals surface area contributed by atoms with Crippen LogP contribution in [0.1, 0.15) is 12.5 Å². The van der Waals surface area contributed by atoms with Crippen LogP contribution in [0.25, 0.3) is 0 Å². The summed E-state index contributed by atoms with van der Waals surface area (Å²) in [5.74, 6) is 0.921. The molecule has 1 N–H and O–H groups in total. The van der Waals surface area contributed by atoms with Crippen LogP contribution in [0.5, 0.6) is 0 Å². The Bertz CT molecular complexity index is 326. The first-order valence-electron chi connectivity index (χ1n) is 5.03. The summed E-state index contributed by atoms with van der Waals surface area (Å²) < 4.78 is 1.05. The van der Waals surface area contributed by atoms with E-state index in [2.05, 4.69) is 59.1 Å². The summed E-state index contributed by atoms with van der Waals surface area (Å²) in [6, 6.07) is 2.37. The molecular weight excluding hydrogens is 254 g/mol. The summed E-state index contributed by atoms with van der Waals surface area (Å²) in [7, 11) is 4.13. The predicted molar refractivity (Wildman–Crippen MR) is 68.3 cm³/mol. The number of aromatic nitrogens is 1. The lowest BCUT2D eigenvalue weighted by Crippen LogP contribution is -2.30. The van der Waals surface area contributed by atoms with Crippen molar-refractivity contribution in [1.29, 1.82) is 0 Å². The molecule has 0 aromatic carbocycles. The van der Waals surface area contributed by atoms with Crippen LogP contribution in [0.4, 0.5) is 5.82 Å². The molecule has 15 heavy (non-hydrogen) atoms. The fraction of sp³-hybridized carbons (Fsp3) is 0.545. The predicted octanol–water partition coefficient (Wildman–Crippen LogP) is 2.51. The van der Waals surface area contributed by atoms with Gasteiger partial charge in [0.1, 0.15) is 5.82 Å². The second-order valence-corrected chi connectivity index (χ2v) is 4.89. The lowest BCUT2D eigenvalue weighted by molar-refractivity contribution is 0.392. The van der Waals surface area contributed by atoms with Crippen molar-refractivity contribution < 1.29 is 0 Å². The standard InChI is InChI=1S/C11H18BrN3/c1-8-5-6-13-11(10(8)12)14-9(2)7-15(3)4/h5-6,9H,7H2,1-4H3,(H,13,14). The van der Waals surface area contributed by atoms with E-state index >= 15 is 0 Å². The highest BCUT2D eigenvalue weighted by molar-refractivity contribution is 9.10. The van der Waals surface area contributed by atoms with Crippen molar-refractivity contribution in [3.8, 4) is 0 Å². The Kier molecular flexibility index (Phi) is 4.54. The van der Waals surface area contributed by atoms with Gasteiger partial charge in [-0.25, -0.2) is 4.98 Å². The van der Waals surface area contributed by atoms with Gasteiger partial charge in [0.15, 0.2) is 0 Å². The summed E-state index contributed by atoms with van der Waals surface area (Å²) in [5.41, 5.74) is 1.20. The third-order valence-corrected chi connectivity index (χ3v) is 3.11. The van der Waals surface area contributed by atoms with Crippen molar-refractivity contribution in [2.24, 2.45) is 0 Å². The first kappa shape index (κ1) is 12.5. The van der Waals surface area contributed by atoms with Gasteiger partial charge in [0, 0.05) is 18.8 Å². The maximum atomic E-state index is 4.31. The lowest BCUT2D eigenvalue weighted by Gasteiger charge is -2.19. The summed E-state index contributed by atoms with van der Waals surface area (Å²) in [5, 5.41) is 3.38. The number of aryl methyl sites for hydroxylation is 1. The topological polar surface area (TPSA) is 28.2 Å². The first-order valence-corrected chi connectivity index (χ1v) is 5.82. The van der Waals surface area contributed by atoms with Gasteiger partial charge in [-0.15, -0.1) is 0 Å². The molecule has 0 aliphatic carbocycles. The van der Waals surface area contributed by atoms with Crippen molar-refractivity contribution in [3.05, 3.63) is 22.3 Å². The van der Waals surface area contributed by atoms with Crippen LogP contribution in [0, 0.1) is 6.92 Å². The van der Waals surface area contributed by atoms with E-state index in [9.17, 15) is 0 Å². The van der Waals surface area contributed by atoms with Crippen LogP contribution in [-0.4, -0.2) is 36.6 Å². The quantitative estimate of drug-likeness (QED) is 0.912. The molecule has 0 radical (unpaired) electrons. The number of likely N-dealkylation sites (N-methyl/N-ethyl adjacent to an activating group) is 1. The Hall–Kier alpha value is -0.610. The van der Waals surface area contributed by atoms with Gasteiger partial charge in [-0.2, -0.15) is 0 Å². The third kappa shape index (κ3) is 3.80. The molecule has 1 heterocycles. The number of nitrogens with zero attached hydrogens (tertiary/aromatic N) is 2. The zero-order valence-electron chi connectivity index (χ0n) is 9.71. The Morgan fingerprint density at radius 2 is 2.20 bits per heavy atom.